The summed E-state index contributed by atoms with van der Waals surface area (Å²) in [5.41, 5.74) is 4.04. The molecule has 0 spiro atoms. The van der Waals surface area contributed by atoms with Crippen LogP contribution in [0.5, 0.6) is 5.75 Å². The molecule has 2 fully saturated rings. The number of ether oxygens (including phenoxy) is 2. The number of β-amino-alcohol motifs (C(OH)–C–C–N with tert-alkyl or cyclic N) is 2. The van der Waals surface area contributed by atoms with Crippen molar-refractivity contribution < 1.29 is 19.7 Å². The van der Waals surface area contributed by atoms with Crippen LogP contribution >= 0.6 is 0 Å². The van der Waals surface area contributed by atoms with Gasteiger partial charge in [-0.15, -0.1) is 0 Å². The van der Waals surface area contributed by atoms with Gasteiger partial charge in [-0.3, -0.25) is 4.90 Å². The average Bonchev–Trinajstić information content (AvgIpc) is 2.97. The first kappa shape index (κ1) is 25.0. The Labute approximate surface area is 204 Å². The molecule has 2 aliphatic heterocycles. The summed E-state index contributed by atoms with van der Waals surface area (Å²) < 4.78 is 11.9. The molecule has 2 heterocycles. The van der Waals surface area contributed by atoms with Crippen LogP contribution in [0.15, 0.2) is 36.4 Å². The van der Waals surface area contributed by atoms with Gasteiger partial charge >= 0.3 is 0 Å². The van der Waals surface area contributed by atoms with Crippen molar-refractivity contribution in [3.05, 3.63) is 58.7 Å². The maximum absolute atomic E-state index is 11.4. The van der Waals surface area contributed by atoms with Gasteiger partial charge in [0.2, 0.25) is 0 Å². The van der Waals surface area contributed by atoms with Crippen molar-refractivity contribution in [3.8, 4) is 5.75 Å². The first-order valence-electron chi connectivity index (χ1n) is 12.4. The molecular weight excluding hydrogens is 428 g/mol. The zero-order chi connectivity index (χ0) is 24.3. The highest BCUT2D eigenvalue weighted by Gasteiger charge is 2.39. The summed E-state index contributed by atoms with van der Waals surface area (Å²) in [7, 11) is 0. The Hall–Kier alpha value is -2.12. The van der Waals surface area contributed by atoms with Crippen molar-refractivity contribution in [2.24, 2.45) is 0 Å². The smallest absolute Gasteiger partial charge is 0.134 e. The molecule has 186 valence electrons. The van der Waals surface area contributed by atoms with E-state index >= 15 is 0 Å². The Balaban J connectivity index is 1.37. The van der Waals surface area contributed by atoms with Gasteiger partial charge in [0.05, 0.1) is 18.8 Å². The fourth-order valence-electron chi connectivity index (χ4n) is 5.24. The summed E-state index contributed by atoms with van der Waals surface area (Å²) in [4.78, 5) is 4.51. The van der Waals surface area contributed by atoms with Crippen molar-refractivity contribution in [1.82, 2.24) is 4.90 Å². The molecule has 2 aromatic rings. The van der Waals surface area contributed by atoms with Gasteiger partial charge in [0.25, 0.3) is 0 Å². The topological polar surface area (TPSA) is 65.4 Å². The molecule has 4 rings (SSSR count). The second-order valence-corrected chi connectivity index (χ2v) is 10.5. The number of para-hydroxylation sites is 1. The van der Waals surface area contributed by atoms with E-state index in [1.54, 1.807) is 0 Å². The Morgan fingerprint density at radius 3 is 2.41 bits per heavy atom. The zero-order valence-corrected chi connectivity index (χ0v) is 21.1. The molecule has 0 amide bonds. The highest BCUT2D eigenvalue weighted by Crippen LogP contribution is 2.30. The summed E-state index contributed by atoms with van der Waals surface area (Å²) in [6, 6.07) is 12.6. The Morgan fingerprint density at radius 2 is 1.68 bits per heavy atom. The number of piperidine rings is 1. The molecule has 2 aliphatic rings. The molecule has 0 bridgehead atoms. The third-order valence-electron chi connectivity index (χ3n) is 7.37. The number of aliphatic hydroxyl groups is 2. The second kappa shape index (κ2) is 10.2. The first-order valence-corrected chi connectivity index (χ1v) is 12.4. The van der Waals surface area contributed by atoms with Crippen molar-refractivity contribution in [3.63, 3.8) is 0 Å². The summed E-state index contributed by atoms with van der Waals surface area (Å²) in [6.45, 7) is 12.5. The van der Waals surface area contributed by atoms with E-state index < -0.39 is 11.2 Å². The lowest BCUT2D eigenvalue weighted by Gasteiger charge is -2.42. The normalized spacial score (nSPS) is 23.5. The minimum Gasteiger partial charge on any atom is -0.490 e. The molecule has 0 radical (unpaired) electrons. The molecule has 0 saturated carbocycles. The predicted octanol–water partition coefficient (Wildman–Crippen LogP) is 3.39. The van der Waals surface area contributed by atoms with Crippen molar-refractivity contribution in [2.75, 3.05) is 57.4 Å². The molecule has 6 heteroatoms. The van der Waals surface area contributed by atoms with Crippen molar-refractivity contribution in [1.29, 1.82) is 0 Å². The average molecular weight is 469 g/mol. The van der Waals surface area contributed by atoms with Crippen LogP contribution in [0.4, 0.5) is 5.69 Å². The number of hydrogen-bond donors (Lipinski definition) is 2. The highest BCUT2D eigenvalue weighted by atomic mass is 16.5. The van der Waals surface area contributed by atoms with Gasteiger partial charge < -0.3 is 24.6 Å². The van der Waals surface area contributed by atoms with Gasteiger partial charge in [0, 0.05) is 38.4 Å². The fourth-order valence-corrected chi connectivity index (χ4v) is 5.24. The van der Waals surface area contributed by atoms with E-state index in [1.165, 1.54) is 16.8 Å². The molecule has 0 unspecified atom stereocenters. The molecule has 2 N–H and O–H groups in total. The third kappa shape index (κ3) is 5.92. The molecule has 2 aromatic carbocycles. The van der Waals surface area contributed by atoms with Crippen LogP contribution in [0.3, 0.4) is 0 Å². The Bertz CT molecular complexity index is 986. The quantitative estimate of drug-likeness (QED) is 0.678. The van der Waals surface area contributed by atoms with Gasteiger partial charge in [-0.25, -0.2) is 0 Å². The van der Waals surface area contributed by atoms with Crippen LogP contribution in [0.2, 0.25) is 0 Å². The van der Waals surface area contributed by atoms with Crippen molar-refractivity contribution >= 4 is 5.69 Å². The molecule has 0 aliphatic carbocycles. The maximum atomic E-state index is 11.4. The van der Waals surface area contributed by atoms with Gasteiger partial charge in [-0.2, -0.15) is 0 Å². The van der Waals surface area contributed by atoms with E-state index in [0.717, 1.165) is 30.0 Å². The lowest BCUT2D eigenvalue weighted by molar-refractivity contribution is -0.0743. The van der Waals surface area contributed by atoms with Crippen molar-refractivity contribution in [2.45, 2.75) is 51.7 Å². The third-order valence-corrected chi connectivity index (χ3v) is 7.37. The van der Waals surface area contributed by atoms with Crippen LogP contribution in [-0.4, -0.2) is 78.9 Å². The minimum absolute atomic E-state index is 0.159. The number of hydrogen-bond acceptors (Lipinski definition) is 6. The van der Waals surface area contributed by atoms with Crippen LogP contribution in [-0.2, 0) is 4.74 Å². The van der Waals surface area contributed by atoms with Crippen LogP contribution < -0.4 is 9.64 Å². The number of nitrogens with zero attached hydrogens (tertiary/aromatic N) is 2. The highest BCUT2D eigenvalue weighted by molar-refractivity contribution is 5.53. The van der Waals surface area contributed by atoms with Crippen LogP contribution in [0.25, 0.3) is 0 Å². The van der Waals surface area contributed by atoms with Crippen LogP contribution in [0, 0.1) is 27.7 Å². The summed E-state index contributed by atoms with van der Waals surface area (Å²) in [5, 5.41) is 22.8. The molecule has 1 atom stereocenters. The van der Waals surface area contributed by atoms with E-state index in [0.29, 0.717) is 39.1 Å². The molecule has 0 aromatic heterocycles. The number of rotatable bonds is 6. The van der Waals surface area contributed by atoms with E-state index in [4.69, 9.17) is 9.47 Å². The Morgan fingerprint density at radius 1 is 0.941 bits per heavy atom. The lowest BCUT2D eigenvalue weighted by Crippen LogP contribution is -2.55. The Kier molecular flexibility index (Phi) is 7.53. The van der Waals surface area contributed by atoms with Gasteiger partial charge in [-0.05, 0) is 74.9 Å². The monoisotopic (exact) mass is 468 g/mol. The zero-order valence-electron chi connectivity index (χ0n) is 21.1. The fraction of sp³-hybridized carbons (Fsp3) is 0.571. The second-order valence-electron chi connectivity index (χ2n) is 10.5. The van der Waals surface area contributed by atoms with Gasteiger partial charge in [0.15, 0.2) is 0 Å². The van der Waals surface area contributed by atoms with E-state index in [-0.39, 0.29) is 13.2 Å². The van der Waals surface area contributed by atoms with E-state index in [2.05, 4.69) is 60.9 Å². The van der Waals surface area contributed by atoms with Crippen LogP contribution in [0.1, 0.15) is 35.1 Å². The SMILES string of the molecule is Cc1cc(C)c(C)c(OC[C@@]2(O)COCCN(CC3(O)CCN(c4ccccc4C)CC3)C2)c1. The van der Waals surface area contributed by atoms with E-state index in [1.807, 2.05) is 13.0 Å². The summed E-state index contributed by atoms with van der Waals surface area (Å²) >= 11 is 0. The standard InChI is InChI=1S/C28H40N2O4/c1-21-15-23(3)24(4)26(16-21)34-20-28(32)18-29(13-14-33-19-28)17-27(31)9-11-30(12-10-27)25-8-6-5-7-22(25)2/h5-8,15-16,31-32H,9-14,17-20H2,1-4H3/t28-/m0/s1. The summed E-state index contributed by atoms with van der Waals surface area (Å²) in [5.74, 6) is 0.809. The lowest BCUT2D eigenvalue weighted by atomic mass is 9.89. The largest absolute Gasteiger partial charge is 0.490 e. The predicted molar refractivity (Wildman–Crippen MR) is 136 cm³/mol. The molecule has 6 nitrogen and oxygen atoms in total. The van der Waals surface area contributed by atoms with Gasteiger partial charge in [0.1, 0.15) is 18.0 Å². The number of aryl methyl sites for hydroxylation is 3. The first-order chi connectivity index (χ1) is 16.2. The van der Waals surface area contributed by atoms with E-state index in [9.17, 15) is 10.2 Å². The summed E-state index contributed by atoms with van der Waals surface area (Å²) in [6.07, 6.45) is 1.41. The molecule has 34 heavy (non-hydrogen) atoms. The molecule has 2 saturated heterocycles. The van der Waals surface area contributed by atoms with Gasteiger partial charge in [-0.1, -0.05) is 24.3 Å². The minimum atomic E-state index is -1.13. The number of anilines is 1. The number of benzene rings is 2. The maximum Gasteiger partial charge on any atom is 0.134 e. The molecular formula is C28H40N2O4.